The first-order chi connectivity index (χ1) is 11.8. The standard InChI is InChI=1S/C15H12ClF3N4O2/c16-13-3-14(21-6-20-13)23-4-8(12(5-23)22-15(24)25)7-1-10(18)11(19)2-9(7)17/h1-3,6,8,12,22H,4-5H2,(H,24,25)/t8-,12+/m1/s1. The molecule has 2 N–H and O–H groups in total. The number of nitrogens with zero attached hydrogens (tertiary/aromatic N) is 3. The molecule has 2 atom stereocenters. The Morgan fingerprint density at radius 1 is 1.16 bits per heavy atom. The maximum Gasteiger partial charge on any atom is 0.404 e. The van der Waals surface area contributed by atoms with Crippen LogP contribution < -0.4 is 10.2 Å². The summed E-state index contributed by atoms with van der Waals surface area (Å²) in [5, 5.41) is 11.5. The van der Waals surface area contributed by atoms with E-state index in [4.69, 9.17) is 16.7 Å². The predicted octanol–water partition coefficient (Wildman–Crippen LogP) is 2.79. The lowest BCUT2D eigenvalue weighted by molar-refractivity contribution is 0.189. The third-order valence-electron chi connectivity index (χ3n) is 4.01. The van der Waals surface area contributed by atoms with Crippen LogP contribution in [0.25, 0.3) is 0 Å². The highest BCUT2D eigenvalue weighted by Gasteiger charge is 2.37. The quantitative estimate of drug-likeness (QED) is 0.640. The highest BCUT2D eigenvalue weighted by Crippen LogP contribution is 2.33. The molecule has 132 valence electrons. The summed E-state index contributed by atoms with van der Waals surface area (Å²) >= 11 is 5.82. The minimum absolute atomic E-state index is 0.111. The van der Waals surface area contributed by atoms with E-state index in [1.54, 1.807) is 4.90 Å². The Bertz CT molecular complexity index is 823. The number of halogens is 4. The molecule has 2 aromatic rings. The Hall–Kier alpha value is -2.55. The van der Waals surface area contributed by atoms with Gasteiger partial charge in [0.15, 0.2) is 11.6 Å². The van der Waals surface area contributed by atoms with Gasteiger partial charge in [-0.05, 0) is 11.6 Å². The highest BCUT2D eigenvalue weighted by molar-refractivity contribution is 6.29. The minimum atomic E-state index is -1.31. The summed E-state index contributed by atoms with van der Waals surface area (Å²) in [6.45, 7) is 0.295. The lowest BCUT2D eigenvalue weighted by Gasteiger charge is -2.19. The minimum Gasteiger partial charge on any atom is -0.465 e. The molecular weight excluding hydrogens is 361 g/mol. The zero-order valence-corrected chi connectivity index (χ0v) is 13.3. The van der Waals surface area contributed by atoms with E-state index in [1.165, 1.54) is 12.4 Å². The Morgan fingerprint density at radius 3 is 2.56 bits per heavy atom. The van der Waals surface area contributed by atoms with Gasteiger partial charge in [-0.2, -0.15) is 0 Å². The summed E-state index contributed by atoms with van der Waals surface area (Å²) in [7, 11) is 0. The zero-order chi connectivity index (χ0) is 18.1. The molecule has 3 rings (SSSR count). The molecular formula is C15H12ClF3N4O2. The molecule has 0 aliphatic carbocycles. The fraction of sp³-hybridized carbons (Fsp3) is 0.267. The average Bonchev–Trinajstić information content (AvgIpc) is 2.94. The van der Waals surface area contributed by atoms with Crippen molar-refractivity contribution in [3.8, 4) is 0 Å². The third-order valence-corrected chi connectivity index (χ3v) is 4.22. The van der Waals surface area contributed by atoms with Crippen molar-refractivity contribution in [1.82, 2.24) is 15.3 Å². The SMILES string of the molecule is O=C(O)N[C@H]1CN(c2cc(Cl)ncn2)C[C@@H]1c1cc(F)c(F)cc1F. The molecule has 1 saturated heterocycles. The lowest BCUT2D eigenvalue weighted by atomic mass is 9.93. The Morgan fingerprint density at radius 2 is 1.88 bits per heavy atom. The van der Waals surface area contributed by atoms with Crippen LogP contribution in [0.4, 0.5) is 23.8 Å². The van der Waals surface area contributed by atoms with Gasteiger partial charge in [0, 0.05) is 31.1 Å². The number of rotatable bonds is 3. The first-order valence-corrected chi connectivity index (χ1v) is 7.59. The molecule has 6 nitrogen and oxygen atoms in total. The van der Waals surface area contributed by atoms with Crippen LogP contribution in [0.3, 0.4) is 0 Å². The molecule has 2 heterocycles. The van der Waals surface area contributed by atoms with E-state index >= 15 is 0 Å². The summed E-state index contributed by atoms with van der Waals surface area (Å²) in [6.07, 6.45) is -0.0662. The largest absolute Gasteiger partial charge is 0.465 e. The average molecular weight is 373 g/mol. The maximum atomic E-state index is 14.1. The van der Waals surface area contributed by atoms with E-state index in [2.05, 4.69) is 15.3 Å². The van der Waals surface area contributed by atoms with E-state index in [0.29, 0.717) is 11.9 Å². The molecule has 10 heteroatoms. The monoisotopic (exact) mass is 372 g/mol. The second kappa shape index (κ2) is 6.75. The summed E-state index contributed by atoms with van der Waals surface area (Å²) < 4.78 is 40.9. The second-order valence-electron chi connectivity index (χ2n) is 5.55. The molecule has 1 aliphatic rings. The smallest absolute Gasteiger partial charge is 0.404 e. The molecule has 0 unspecified atom stereocenters. The van der Waals surface area contributed by atoms with Gasteiger partial charge < -0.3 is 15.3 Å². The van der Waals surface area contributed by atoms with Gasteiger partial charge in [-0.25, -0.2) is 27.9 Å². The predicted molar refractivity (Wildman–Crippen MR) is 83.3 cm³/mol. The summed E-state index contributed by atoms with van der Waals surface area (Å²) in [6, 6.07) is 1.93. The fourth-order valence-electron chi connectivity index (χ4n) is 2.93. The lowest BCUT2D eigenvalue weighted by Crippen LogP contribution is -2.39. The molecule has 1 amide bonds. The van der Waals surface area contributed by atoms with Crippen LogP contribution in [-0.4, -0.2) is 40.3 Å². The normalized spacial score (nSPS) is 19.9. The van der Waals surface area contributed by atoms with Crippen molar-refractivity contribution < 1.29 is 23.1 Å². The number of carbonyl (C=O) groups is 1. The summed E-state index contributed by atoms with van der Waals surface area (Å²) in [5.74, 6) is -3.76. The molecule has 1 aliphatic heterocycles. The van der Waals surface area contributed by atoms with E-state index in [9.17, 15) is 18.0 Å². The molecule has 1 aromatic heterocycles. The van der Waals surface area contributed by atoms with Gasteiger partial charge in [0.1, 0.15) is 23.1 Å². The van der Waals surface area contributed by atoms with Crippen molar-refractivity contribution in [2.45, 2.75) is 12.0 Å². The zero-order valence-electron chi connectivity index (χ0n) is 12.6. The van der Waals surface area contributed by atoms with Crippen molar-refractivity contribution in [3.05, 3.63) is 52.7 Å². The molecule has 0 bridgehead atoms. The van der Waals surface area contributed by atoms with Crippen LogP contribution in [-0.2, 0) is 0 Å². The van der Waals surface area contributed by atoms with Crippen molar-refractivity contribution in [1.29, 1.82) is 0 Å². The van der Waals surface area contributed by atoms with Crippen molar-refractivity contribution in [2.75, 3.05) is 18.0 Å². The van der Waals surface area contributed by atoms with Crippen molar-refractivity contribution in [3.63, 3.8) is 0 Å². The number of nitrogens with one attached hydrogen (secondary N) is 1. The van der Waals surface area contributed by atoms with Crippen LogP contribution >= 0.6 is 11.6 Å². The molecule has 0 spiro atoms. The van der Waals surface area contributed by atoms with E-state index in [-0.39, 0.29) is 23.8 Å². The van der Waals surface area contributed by atoms with Crippen molar-refractivity contribution in [2.24, 2.45) is 0 Å². The number of hydrogen-bond acceptors (Lipinski definition) is 4. The highest BCUT2D eigenvalue weighted by atomic mass is 35.5. The van der Waals surface area contributed by atoms with Gasteiger partial charge in [-0.3, -0.25) is 0 Å². The number of amides is 1. The number of carboxylic acid groups (broad SMARTS) is 1. The van der Waals surface area contributed by atoms with Gasteiger partial charge in [-0.15, -0.1) is 0 Å². The van der Waals surface area contributed by atoms with Gasteiger partial charge in [0.2, 0.25) is 0 Å². The molecule has 1 aromatic carbocycles. The second-order valence-corrected chi connectivity index (χ2v) is 5.94. The fourth-order valence-corrected chi connectivity index (χ4v) is 3.07. The number of benzene rings is 1. The first kappa shape index (κ1) is 17.3. The number of hydrogen-bond donors (Lipinski definition) is 2. The van der Waals surface area contributed by atoms with Crippen LogP contribution in [0.15, 0.2) is 24.5 Å². The third kappa shape index (κ3) is 3.60. The van der Waals surface area contributed by atoms with E-state index in [0.717, 1.165) is 6.07 Å². The van der Waals surface area contributed by atoms with Crippen LogP contribution in [0, 0.1) is 17.5 Å². The van der Waals surface area contributed by atoms with E-state index in [1.807, 2.05) is 0 Å². The summed E-state index contributed by atoms with van der Waals surface area (Å²) in [4.78, 5) is 20.5. The number of anilines is 1. The van der Waals surface area contributed by atoms with Gasteiger partial charge >= 0.3 is 6.09 Å². The first-order valence-electron chi connectivity index (χ1n) is 7.21. The van der Waals surface area contributed by atoms with E-state index < -0.39 is 35.5 Å². The van der Waals surface area contributed by atoms with Crippen LogP contribution in [0.1, 0.15) is 11.5 Å². The Balaban J connectivity index is 1.95. The van der Waals surface area contributed by atoms with Gasteiger partial charge in [-0.1, -0.05) is 11.6 Å². The number of aromatic nitrogens is 2. The van der Waals surface area contributed by atoms with Gasteiger partial charge in [0.05, 0.1) is 6.04 Å². The van der Waals surface area contributed by atoms with Crippen molar-refractivity contribution >= 4 is 23.5 Å². The van der Waals surface area contributed by atoms with Gasteiger partial charge in [0.25, 0.3) is 0 Å². The van der Waals surface area contributed by atoms with Crippen LogP contribution in [0.2, 0.25) is 5.15 Å². The molecule has 1 fully saturated rings. The van der Waals surface area contributed by atoms with Crippen LogP contribution in [0.5, 0.6) is 0 Å². The molecule has 25 heavy (non-hydrogen) atoms. The molecule has 0 saturated carbocycles. The Kier molecular flexibility index (Phi) is 4.67. The topological polar surface area (TPSA) is 78.4 Å². The molecule has 0 radical (unpaired) electrons. The maximum absolute atomic E-state index is 14.1. The Labute approximate surface area is 145 Å². The summed E-state index contributed by atoms with van der Waals surface area (Å²) in [5.41, 5.74) is -0.111.